The van der Waals surface area contributed by atoms with Gasteiger partial charge >= 0.3 is 0 Å². The van der Waals surface area contributed by atoms with E-state index in [1.807, 2.05) is 11.4 Å². The molecule has 0 unspecified atom stereocenters. The van der Waals surface area contributed by atoms with Gasteiger partial charge in [-0.1, -0.05) is 29.3 Å². The smallest absolute Gasteiger partial charge is 0.257 e. The molecular formula is C18H13Cl2N3O2S2. The number of halogens is 2. The Hall–Kier alpha value is -1.93. The molecular weight excluding hydrogens is 425 g/mol. The van der Waals surface area contributed by atoms with Crippen LogP contribution in [0.4, 0.5) is 10.8 Å². The summed E-state index contributed by atoms with van der Waals surface area (Å²) in [5.74, 6) is -0.192. The molecule has 1 aliphatic rings. The van der Waals surface area contributed by atoms with E-state index in [9.17, 15) is 9.59 Å². The van der Waals surface area contributed by atoms with Crippen LogP contribution in [0.1, 0.15) is 23.2 Å². The number of hydrogen-bond donors (Lipinski definition) is 1. The van der Waals surface area contributed by atoms with Crippen molar-refractivity contribution in [3.05, 3.63) is 49.9 Å². The Morgan fingerprint density at radius 1 is 1.26 bits per heavy atom. The van der Waals surface area contributed by atoms with Gasteiger partial charge < -0.3 is 4.90 Å². The molecule has 0 spiro atoms. The van der Waals surface area contributed by atoms with E-state index < -0.39 is 0 Å². The second-order valence-corrected chi connectivity index (χ2v) is 9.07. The fourth-order valence-corrected chi connectivity index (χ4v) is 5.06. The highest BCUT2D eigenvalue weighted by molar-refractivity contribution is 7.20. The molecule has 1 aliphatic heterocycles. The van der Waals surface area contributed by atoms with Crippen molar-refractivity contribution in [3.8, 4) is 11.3 Å². The molecule has 0 radical (unpaired) electrons. The summed E-state index contributed by atoms with van der Waals surface area (Å²) in [5, 5.41) is 5.08. The number of carbonyl (C=O) groups excluding carboxylic acids is 2. The maximum absolute atomic E-state index is 12.6. The van der Waals surface area contributed by atoms with Crippen molar-refractivity contribution in [1.82, 2.24) is 4.98 Å². The van der Waals surface area contributed by atoms with E-state index in [4.69, 9.17) is 23.2 Å². The Labute approximate surface area is 173 Å². The highest BCUT2D eigenvalue weighted by Gasteiger charge is 2.22. The molecule has 1 N–H and O–H groups in total. The summed E-state index contributed by atoms with van der Waals surface area (Å²) in [7, 11) is 0. The van der Waals surface area contributed by atoms with E-state index in [1.54, 1.807) is 29.2 Å². The first kappa shape index (κ1) is 18.4. The molecule has 1 saturated heterocycles. The second-order valence-electron chi connectivity index (χ2n) is 5.93. The third-order valence-corrected chi connectivity index (χ3v) is 6.40. The van der Waals surface area contributed by atoms with Gasteiger partial charge in [0, 0.05) is 35.2 Å². The summed E-state index contributed by atoms with van der Waals surface area (Å²) in [6.07, 6.45) is 1.39. The number of rotatable bonds is 4. The van der Waals surface area contributed by atoms with E-state index in [0.717, 1.165) is 17.7 Å². The summed E-state index contributed by atoms with van der Waals surface area (Å²) in [6.45, 7) is 0.684. The van der Waals surface area contributed by atoms with Crippen LogP contribution in [0.2, 0.25) is 8.67 Å². The lowest BCUT2D eigenvalue weighted by Gasteiger charge is -2.16. The second kappa shape index (κ2) is 7.59. The van der Waals surface area contributed by atoms with Crippen molar-refractivity contribution >= 4 is 68.5 Å². The quantitative estimate of drug-likeness (QED) is 0.580. The molecule has 0 atom stereocenters. The van der Waals surface area contributed by atoms with Gasteiger partial charge in [-0.05, 0) is 30.7 Å². The molecule has 0 aliphatic carbocycles. The summed E-state index contributed by atoms with van der Waals surface area (Å²) >= 11 is 14.7. The lowest BCUT2D eigenvalue weighted by molar-refractivity contribution is -0.117. The maximum Gasteiger partial charge on any atom is 0.257 e. The van der Waals surface area contributed by atoms with E-state index >= 15 is 0 Å². The molecule has 1 aromatic carbocycles. The Morgan fingerprint density at radius 3 is 2.81 bits per heavy atom. The van der Waals surface area contributed by atoms with Gasteiger partial charge in [0.25, 0.3) is 5.91 Å². The highest BCUT2D eigenvalue weighted by atomic mass is 35.5. The molecule has 4 rings (SSSR count). The van der Waals surface area contributed by atoms with Gasteiger partial charge in [0.2, 0.25) is 5.91 Å². The molecule has 2 amide bonds. The maximum atomic E-state index is 12.6. The molecule has 3 aromatic rings. The SMILES string of the molecule is O=C(Nc1nc(-c2cc(Cl)sc2Cl)cs1)c1cccc(N2CCCC2=O)c1. The van der Waals surface area contributed by atoms with Gasteiger partial charge in [-0.15, -0.1) is 22.7 Å². The Balaban J connectivity index is 1.51. The van der Waals surface area contributed by atoms with Crippen molar-refractivity contribution in [3.63, 3.8) is 0 Å². The Kier molecular flexibility index (Phi) is 5.19. The normalized spacial score (nSPS) is 14.0. The van der Waals surface area contributed by atoms with Crippen LogP contribution in [0, 0.1) is 0 Å². The van der Waals surface area contributed by atoms with Gasteiger partial charge in [0.1, 0.15) is 4.34 Å². The number of carbonyl (C=O) groups is 2. The summed E-state index contributed by atoms with van der Waals surface area (Å²) < 4.78 is 1.15. The van der Waals surface area contributed by atoms with Crippen LogP contribution in [0.25, 0.3) is 11.3 Å². The number of thiazole rings is 1. The predicted molar refractivity (Wildman–Crippen MR) is 111 cm³/mol. The zero-order valence-electron chi connectivity index (χ0n) is 13.9. The molecule has 0 saturated carbocycles. The molecule has 1 fully saturated rings. The molecule has 9 heteroatoms. The van der Waals surface area contributed by atoms with Crippen LogP contribution >= 0.6 is 45.9 Å². The zero-order valence-corrected chi connectivity index (χ0v) is 17.0. The van der Waals surface area contributed by atoms with Crippen molar-refractivity contribution in [2.24, 2.45) is 0 Å². The van der Waals surface area contributed by atoms with Crippen LogP contribution in [0.3, 0.4) is 0 Å². The first-order valence-corrected chi connectivity index (χ1v) is 10.6. The van der Waals surface area contributed by atoms with Crippen LogP contribution < -0.4 is 10.2 Å². The third kappa shape index (κ3) is 3.87. The fraction of sp³-hybridized carbons (Fsp3) is 0.167. The van der Waals surface area contributed by atoms with Gasteiger partial charge in [0.05, 0.1) is 10.0 Å². The van der Waals surface area contributed by atoms with Crippen LogP contribution in [-0.2, 0) is 4.79 Å². The molecule has 3 heterocycles. The Morgan fingerprint density at radius 2 is 2.11 bits per heavy atom. The van der Waals surface area contributed by atoms with Gasteiger partial charge in [-0.3, -0.25) is 14.9 Å². The van der Waals surface area contributed by atoms with Crippen molar-refractivity contribution < 1.29 is 9.59 Å². The van der Waals surface area contributed by atoms with Crippen LogP contribution in [0.15, 0.2) is 35.7 Å². The average Bonchev–Trinajstić information content (AvgIpc) is 3.35. The van der Waals surface area contributed by atoms with Crippen molar-refractivity contribution in [2.45, 2.75) is 12.8 Å². The number of amides is 2. The largest absolute Gasteiger partial charge is 0.312 e. The van der Waals surface area contributed by atoms with Crippen molar-refractivity contribution in [1.29, 1.82) is 0 Å². The lowest BCUT2D eigenvalue weighted by Crippen LogP contribution is -2.24. The molecule has 5 nitrogen and oxygen atoms in total. The van der Waals surface area contributed by atoms with E-state index in [0.29, 0.717) is 38.0 Å². The summed E-state index contributed by atoms with van der Waals surface area (Å²) in [5.41, 5.74) is 2.63. The van der Waals surface area contributed by atoms with Crippen molar-refractivity contribution in [2.75, 3.05) is 16.8 Å². The van der Waals surface area contributed by atoms with E-state index in [-0.39, 0.29) is 11.8 Å². The number of nitrogens with one attached hydrogen (secondary N) is 1. The monoisotopic (exact) mass is 437 g/mol. The lowest BCUT2D eigenvalue weighted by atomic mass is 10.2. The molecule has 0 bridgehead atoms. The molecule has 138 valence electrons. The minimum atomic E-state index is -0.279. The summed E-state index contributed by atoms with van der Waals surface area (Å²) in [4.78, 5) is 30.6. The minimum Gasteiger partial charge on any atom is -0.312 e. The summed E-state index contributed by atoms with van der Waals surface area (Å²) in [6, 6.07) is 8.80. The topological polar surface area (TPSA) is 62.3 Å². The van der Waals surface area contributed by atoms with Gasteiger partial charge in [-0.25, -0.2) is 4.98 Å². The number of benzene rings is 1. The van der Waals surface area contributed by atoms with Crippen LogP contribution in [0.5, 0.6) is 0 Å². The first-order valence-electron chi connectivity index (χ1n) is 8.14. The highest BCUT2D eigenvalue weighted by Crippen LogP contribution is 2.39. The standard InChI is InChI=1S/C18H13Cl2N3O2S2/c19-14-8-12(16(20)27-14)13-9-26-18(21-13)22-17(25)10-3-1-4-11(7-10)23-6-2-5-15(23)24/h1,3-4,7-9H,2,5-6H2,(H,21,22,25). The number of thiophene rings is 1. The van der Waals surface area contributed by atoms with E-state index in [2.05, 4.69) is 10.3 Å². The fourth-order valence-electron chi connectivity index (χ4n) is 2.88. The number of aromatic nitrogens is 1. The number of nitrogens with zero attached hydrogens (tertiary/aromatic N) is 2. The number of anilines is 2. The predicted octanol–water partition coefficient (Wildman–Crippen LogP) is 5.56. The molecule has 2 aromatic heterocycles. The minimum absolute atomic E-state index is 0.0865. The van der Waals surface area contributed by atoms with Crippen LogP contribution in [-0.4, -0.2) is 23.3 Å². The Bertz CT molecular complexity index is 1030. The first-order chi connectivity index (χ1) is 13.0. The van der Waals surface area contributed by atoms with Gasteiger partial charge in [-0.2, -0.15) is 0 Å². The molecule has 27 heavy (non-hydrogen) atoms. The van der Waals surface area contributed by atoms with E-state index in [1.165, 1.54) is 22.7 Å². The average molecular weight is 438 g/mol. The number of hydrogen-bond acceptors (Lipinski definition) is 5. The zero-order chi connectivity index (χ0) is 19.0. The van der Waals surface area contributed by atoms with Gasteiger partial charge in [0.15, 0.2) is 5.13 Å². The third-order valence-electron chi connectivity index (χ3n) is 4.15.